The van der Waals surface area contributed by atoms with Crippen LogP contribution in [-0.2, 0) is 16.0 Å². The third-order valence-electron chi connectivity index (χ3n) is 6.23. The first-order chi connectivity index (χ1) is 14.0. The van der Waals surface area contributed by atoms with Crippen molar-refractivity contribution in [1.82, 2.24) is 4.90 Å². The molecule has 4 nitrogen and oxygen atoms in total. The lowest BCUT2D eigenvalue weighted by Crippen LogP contribution is -2.42. The number of carbonyl (C=O) groups excluding carboxylic acids is 2. The molecule has 2 aliphatic rings. The van der Waals surface area contributed by atoms with Crippen LogP contribution in [0.2, 0.25) is 5.02 Å². The number of nitrogens with zero attached hydrogens (tertiary/aromatic N) is 2. The van der Waals surface area contributed by atoms with Gasteiger partial charge < -0.3 is 9.80 Å². The number of halogens is 1. The molecule has 2 fully saturated rings. The first kappa shape index (κ1) is 20.0. The molecular formula is C24H27ClN2O2. The fraction of sp³-hybridized carbons (Fsp3) is 0.417. The minimum absolute atomic E-state index is 0.00207. The molecule has 2 aromatic rings. The second-order valence-electron chi connectivity index (χ2n) is 8.30. The van der Waals surface area contributed by atoms with E-state index in [9.17, 15) is 9.59 Å². The van der Waals surface area contributed by atoms with Crippen molar-refractivity contribution < 1.29 is 9.59 Å². The van der Waals surface area contributed by atoms with Crippen LogP contribution in [0.15, 0.2) is 48.5 Å². The van der Waals surface area contributed by atoms with E-state index in [0.717, 1.165) is 43.6 Å². The normalized spacial score (nSPS) is 20.3. The number of carbonyl (C=O) groups is 2. The number of piperidine rings is 1. The summed E-state index contributed by atoms with van der Waals surface area (Å²) in [7, 11) is 0. The Morgan fingerprint density at radius 2 is 1.83 bits per heavy atom. The topological polar surface area (TPSA) is 40.6 Å². The van der Waals surface area contributed by atoms with Crippen molar-refractivity contribution in [2.45, 2.75) is 32.6 Å². The fourth-order valence-corrected chi connectivity index (χ4v) is 4.61. The molecule has 1 unspecified atom stereocenters. The highest BCUT2D eigenvalue weighted by Gasteiger charge is 2.38. The van der Waals surface area contributed by atoms with E-state index in [2.05, 4.69) is 24.3 Å². The van der Waals surface area contributed by atoms with Crippen LogP contribution in [0.4, 0.5) is 5.69 Å². The van der Waals surface area contributed by atoms with Crippen LogP contribution in [-0.4, -0.2) is 36.3 Å². The van der Waals surface area contributed by atoms with Gasteiger partial charge in [0.15, 0.2) is 0 Å². The van der Waals surface area contributed by atoms with Crippen molar-refractivity contribution in [3.05, 3.63) is 64.7 Å². The van der Waals surface area contributed by atoms with Gasteiger partial charge in [0, 0.05) is 36.8 Å². The first-order valence-electron chi connectivity index (χ1n) is 10.4. The number of aryl methyl sites for hydroxylation is 1. The Bertz CT molecular complexity index is 891. The maximum absolute atomic E-state index is 13.0. The van der Waals surface area contributed by atoms with Gasteiger partial charge in [-0.2, -0.15) is 0 Å². The maximum Gasteiger partial charge on any atom is 0.228 e. The predicted molar refractivity (Wildman–Crippen MR) is 116 cm³/mol. The molecular weight excluding hydrogens is 384 g/mol. The lowest BCUT2D eigenvalue weighted by molar-refractivity contribution is -0.137. The molecule has 0 aromatic heterocycles. The van der Waals surface area contributed by atoms with Gasteiger partial charge in [0.25, 0.3) is 0 Å². The molecule has 152 valence electrons. The van der Waals surface area contributed by atoms with Crippen LogP contribution < -0.4 is 4.90 Å². The van der Waals surface area contributed by atoms with Crippen LogP contribution in [0.1, 0.15) is 30.4 Å². The number of hydrogen-bond donors (Lipinski definition) is 0. The molecule has 0 bridgehead atoms. The summed E-state index contributed by atoms with van der Waals surface area (Å²) < 4.78 is 0. The Labute approximate surface area is 177 Å². The molecule has 2 amide bonds. The minimum Gasteiger partial charge on any atom is -0.342 e. The highest BCUT2D eigenvalue weighted by molar-refractivity contribution is 6.31. The van der Waals surface area contributed by atoms with Gasteiger partial charge in [0.1, 0.15) is 0 Å². The van der Waals surface area contributed by atoms with Crippen LogP contribution in [0, 0.1) is 18.8 Å². The van der Waals surface area contributed by atoms with Crippen molar-refractivity contribution in [1.29, 1.82) is 0 Å². The van der Waals surface area contributed by atoms with E-state index < -0.39 is 0 Å². The average molecular weight is 411 g/mol. The van der Waals surface area contributed by atoms with Crippen LogP contribution >= 0.6 is 11.6 Å². The summed E-state index contributed by atoms with van der Waals surface area (Å²) in [6.45, 7) is 3.96. The zero-order chi connectivity index (χ0) is 20.4. The molecule has 0 aliphatic carbocycles. The lowest BCUT2D eigenvalue weighted by Gasteiger charge is -2.33. The third kappa shape index (κ3) is 4.48. The summed E-state index contributed by atoms with van der Waals surface area (Å²) in [5, 5.41) is 0.644. The first-order valence-corrected chi connectivity index (χ1v) is 10.8. The summed E-state index contributed by atoms with van der Waals surface area (Å²) in [5.41, 5.74) is 3.13. The maximum atomic E-state index is 13.0. The fourth-order valence-electron chi connectivity index (χ4n) is 4.44. The number of benzene rings is 2. The second kappa shape index (κ2) is 8.58. The third-order valence-corrected chi connectivity index (χ3v) is 6.64. The smallest absolute Gasteiger partial charge is 0.228 e. The average Bonchev–Trinajstić information content (AvgIpc) is 3.12. The molecule has 0 spiro atoms. The van der Waals surface area contributed by atoms with Gasteiger partial charge in [-0.15, -0.1) is 0 Å². The summed E-state index contributed by atoms with van der Waals surface area (Å²) in [4.78, 5) is 29.2. The van der Waals surface area contributed by atoms with E-state index >= 15 is 0 Å². The zero-order valence-corrected chi connectivity index (χ0v) is 17.6. The standard InChI is InChI=1S/C24H27ClN2O2/c1-17-7-8-21(15-22(17)25)27-16-20(14-23(27)28)24(29)26-11-9-19(10-12-26)13-18-5-3-2-4-6-18/h2-8,15,19-20H,9-14,16H2,1H3. The number of amides is 2. The zero-order valence-electron chi connectivity index (χ0n) is 16.8. The van der Waals surface area contributed by atoms with Crippen molar-refractivity contribution >= 4 is 29.1 Å². The van der Waals surface area contributed by atoms with Gasteiger partial charge in [-0.1, -0.05) is 48.0 Å². The van der Waals surface area contributed by atoms with Crippen LogP contribution in [0.25, 0.3) is 0 Å². The monoisotopic (exact) mass is 410 g/mol. The second-order valence-corrected chi connectivity index (χ2v) is 8.70. The van der Waals surface area contributed by atoms with Gasteiger partial charge in [0.2, 0.25) is 11.8 Å². The van der Waals surface area contributed by atoms with E-state index in [1.807, 2.05) is 36.1 Å². The van der Waals surface area contributed by atoms with Crippen LogP contribution in [0.3, 0.4) is 0 Å². The number of hydrogen-bond acceptors (Lipinski definition) is 2. The largest absolute Gasteiger partial charge is 0.342 e. The molecule has 0 N–H and O–H groups in total. The summed E-state index contributed by atoms with van der Waals surface area (Å²) in [5.74, 6) is 0.491. The molecule has 0 radical (unpaired) electrons. The molecule has 2 aliphatic heterocycles. The van der Waals surface area contributed by atoms with Gasteiger partial charge in [-0.3, -0.25) is 9.59 Å². The van der Waals surface area contributed by atoms with Gasteiger partial charge in [-0.25, -0.2) is 0 Å². The number of rotatable bonds is 4. The van der Waals surface area contributed by atoms with Crippen molar-refractivity contribution in [3.63, 3.8) is 0 Å². The molecule has 0 saturated carbocycles. The van der Waals surface area contributed by atoms with E-state index in [1.165, 1.54) is 5.56 Å². The van der Waals surface area contributed by atoms with Gasteiger partial charge in [-0.05, 0) is 55.4 Å². The Balaban J connectivity index is 1.33. The Kier molecular flexibility index (Phi) is 5.91. The highest BCUT2D eigenvalue weighted by atomic mass is 35.5. The molecule has 29 heavy (non-hydrogen) atoms. The SMILES string of the molecule is Cc1ccc(N2CC(C(=O)N3CCC(Cc4ccccc4)CC3)CC2=O)cc1Cl. The van der Waals surface area contributed by atoms with Crippen molar-refractivity contribution in [3.8, 4) is 0 Å². The van der Waals surface area contributed by atoms with E-state index in [0.29, 0.717) is 17.5 Å². The number of anilines is 1. The minimum atomic E-state index is -0.256. The Morgan fingerprint density at radius 3 is 2.52 bits per heavy atom. The Morgan fingerprint density at radius 1 is 1.10 bits per heavy atom. The molecule has 2 saturated heterocycles. The van der Waals surface area contributed by atoms with Crippen molar-refractivity contribution in [2.75, 3.05) is 24.5 Å². The van der Waals surface area contributed by atoms with Crippen molar-refractivity contribution in [2.24, 2.45) is 11.8 Å². The molecule has 1 atom stereocenters. The summed E-state index contributed by atoms with van der Waals surface area (Å²) in [6.07, 6.45) is 3.41. The molecule has 4 rings (SSSR count). The lowest BCUT2D eigenvalue weighted by atomic mass is 9.89. The summed E-state index contributed by atoms with van der Waals surface area (Å²) >= 11 is 6.22. The Hall–Kier alpha value is -2.33. The van der Waals surface area contributed by atoms with E-state index in [1.54, 1.807) is 4.90 Å². The van der Waals surface area contributed by atoms with Crippen LogP contribution in [0.5, 0.6) is 0 Å². The molecule has 2 heterocycles. The highest BCUT2D eigenvalue weighted by Crippen LogP contribution is 2.31. The quantitative estimate of drug-likeness (QED) is 0.745. The number of likely N-dealkylation sites (tertiary alicyclic amines) is 1. The predicted octanol–water partition coefficient (Wildman–Crippen LogP) is 4.48. The molecule has 5 heteroatoms. The summed E-state index contributed by atoms with van der Waals surface area (Å²) in [6, 6.07) is 16.2. The van der Waals surface area contributed by atoms with E-state index in [-0.39, 0.29) is 24.2 Å². The van der Waals surface area contributed by atoms with Gasteiger partial charge >= 0.3 is 0 Å². The van der Waals surface area contributed by atoms with E-state index in [4.69, 9.17) is 11.6 Å². The molecule has 2 aromatic carbocycles. The van der Waals surface area contributed by atoms with Gasteiger partial charge in [0.05, 0.1) is 5.92 Å².